The van der Waals surface area contributed by atoms with Crippen molar-refractivity contribution in [2.45, 2.75) is 57.0 Å². The van der Waals surface area contributed by atoms with Gasteiger partial charge in [0.2, 0.25) is 0 Å². The third-order valence-corrected chi connectivity index (χ3v) is 4.19. The van der Waals surface area contributed by atoms with Crippen LogP contribution >= 0.6 is 0 Å². The molecule has 0 radical (unpaired) electrons. The molecule has 0 aromatic rings. The molecule has 4 heteroatoms. The molecular weight excluding hydrogens is 216 g/mol. The average molecular weight is 242 g/mol. The number of aliphatic carboxylic acids is 1. The lowest BCUT2D eigenvalue weighted by Gasteiger charge is -2.40. The molecule has 0 unspecified atom stereocenters. The van der Waals surface area contributed by atoms with Crippen molar-refractivity contribution in [2.75, 3.05) is 20.6 Å². The third-order valence-electron chi connectivity index (χ3n) is 4.19. The predicted octanol–water partition coefficient (Wildman–Crippen LogP) is 1.70. The van der Waals surface area contributed by atoms with Crippen molar-refractivity contribution < 1.29 is 9.90 Å². The minimum Gasteiger partial charge on any atom is -0.480 e. The predicted molar refractivity (Wildman–Crippen MR) is 69.2 cm³/mol. The maximum Gasteiger partial charge on any atom is 0.323 e. The number of carboxylic acids is 1. The number of rotatable bonds is 5. The first-order valence-electron chi connectivity index (χ1n) is 6.46. The fourth-order valence-electron chi connectivity index (χ4n) is 2.17. The molecule has 0 amide bonds. The van der Waals surface area contributed by atoms with Crippen molar-refractivity contribution in [1.29, 1.82) is 0 Å². The molecule has 1 aliphatic carbocycles. The lowest BCUT2D eigenvalue weighted by molar-refractivity contribution is -0.146. The van der Waals surface area contributed by atoms with Gasteiger partial charge >= 0.3 is 5.97 Å². The van der Waals surface area contributed by atoms with E-state index < -0.39 is 11.5 Å². The van der Waals surface area contributed by atoms with E-state index in [1.807, 2.05) is 14.1 Å². The number of nitrogens with one attached hydrogen (secondary N) is 1. The Morgan fingerprint density at radius 2 is 1.82 bits per heavy atom. The molecule has 0 aliphatic heterocycles. The zero-order valence-corrected chi connectivity index (χ0v) is 11.5. The van der Waals surface area contributed by atoms with Gasteiger partial charge in [-0.25, -0.2) is 0 Å². The second-order valence-electron chi connectivity index (χ2n) is 6.01. The zero-order chi connectivity index (χ0) is 13.1. The lowest BCUT2D eigenvalue weighted by atomic mass is 9.81. The second-order valence-corrected chi connectivity index (χ2v) is 6.01. The first-order chi connectivity index (χ1) is 7.80. The monoisotopic (exact) mass is 242 g/mol. The lowest BCUT2D eigenvalue weighted by Crippen LogP contribution is -2.59. The van der Waals surface area contributed by atoms with Crippen LogP contribution in [0.4, 0.5) is 0 Å². The molecule has 100 valence electrons. The van der Waals surface area contributed by atoms with E-state index in [1.54, 1.807) is 0 Å². The van der Waals surface area contributed by atoms with Crippen LogP contribution in [0.1, 0.15) is 46.0 Å². The molecule has 0 atom stereocenters. The van der Waals surface area contributed by atoms with Crippen molar-refractivity contribution in [3.63, 3.8) is 0 Å². The Morgan fingerprint density at radius 1 is 1.29 bits per heavy atom. The van der Waals surface area contributed by atoms with Gasteiger partial charge in [-0.15, -0.1) is 0 Å². The molecule has 0 aromatic heterocycles. The Balaban J connectivity index is 2.65. The largest absolute Gasteiger partial charge is 0.480 e. The molecule has 0 saturated heterocycles. The Bertz CT molecular complexity index is 269. The van der Waals surface area contributed by atoms with Crippen LogP contribution in [-0.4, -0.2) is 47.7 Å². The topological polar surface area (TPSA) is 52.6 Å². The summed E-state index contributed by atoms with van der Waals surface area (Å²) in [5.74, 6) is -0.688. The molecule has 4 nitrogen and oxygen atoms in total. The van der Waals surface area contributed by atoms with Crippen LogP contribution in [0, 0.1) is 0 Å². The first-order valence-corrected chi connectivity index (χ1v) is 6.46. The van der Waals surface area contributed by atoms with E-state index in [4.69, 9.17) is 0 Å². The molecule has 1 aliphatic rings. The number of likely N-dealkylation sites (N-methyl/N-ethyl adjacent to an activating group) is 1. The van der Waals surface area contributed by atoms with Gasteiger partial charge in [-0.3, -0.25) is 4.79 Å². The molecule has 17 heavy (non-hydrogen) atoms. The van der Waals surface area contributed by atoms with Gasteiger partial charge in [0.15, 0.2) is 0 Å². The first kappa shape index (κ1) is 14.5. The Morgan fingerprint density at radius 3 is 2.24 bits per heavy atom. The van der Waals surface area contributed by atoms with E-state index in [2.05, 4.69) is 24.1 Å². The second kappa shape index (κ2) is 5.36. The van der Waals surface area contributed by atoms with E-state index in [0.29, 0.717) is 6.54 Å². The quantitative estimate of drug-likeness (QED) is 0.770. The molecule has 2 N–H and O–H groups in total. The summed E-state index contributed by atoms with van der Waals surface area (Å²) in [6, 6.07) is 0. The molecule has 1 saturated carbocycles. The van der Waals surface area contributed by atoms with Gasteiger partial charge in [-0.2, -0.15) is 0 Å². The van der Waals surface area contributed by atoms with Crippen molar-refractivity contribution in [3.8, 4) is 0 Å². The molecule has 1 fully saturated rings. The van der Waals surface area contributed by atoms with Crippen molar-refractivity contribution in [3.05, 3.63) is 0 Å². The normalized spacial score (nSPS) is 20.5. The van der Waals surface area contributed by atoms with Crippen LogP contribution in [0.3, 0.4) is 0 Å². The summed E-state index contributed by atoms with van der Waals surface area (Å²) in [4.78, 5) is 13.6. The molecule has 0 spiro atoms. The smallest absolute Gasteiger partial charge is 0.323 e. The van der Waals surface area contributed by atoms with Gasteiger partial charge in [-0.1, -0.05) is 19.3 Å². The van der Waals surface area contributed by atoms with Crippen LogP contribution in [0.25, 0.3) is 0 Å². The van der Waals surface area contributed by atoms with Crippen LogP contribution in [0.5, 0.6) is 0 Å². The number of carbonyl (C=O) groups is 1. The summed E-state index contributed by atoms with van der Waals surface area (Å²) in [5, 5.41) is 12.8. The standard InChI is InChI=1S/C13H26N2O2/c1-12(2,15(3)4)10-14-13(11(16)17)8-6-5-7-9-13/h14H,5-10H2,1-4H3,(H,16,17). The third kappa shape index (κ3) is 3.42. The van der Waals surface area contributed by atoms with Gasteiger partial charge < -0.3 is 15.3 Å². The summed E-state index contributed by atoms with van der Waals surface area (Å²) in [6.07, 6.45) is 4.70. The summed E-state index contributed by atoms with van der Waals surface area (Å²) in [7, 11) is 4.05. The van der Waals surface area contributed by atoms with Crippen molar-refractivity contribution in [2.24, 2.45) is 0 Å². The Hall–Kier alpha value is -0.610. The highest BCUT2D eigenvalue weighted by molar-refractivity contribution is 5.78. The fourth-order valence-corrected chi connectivity index (χ4v) is 2.17. The Kier molecular flexibility index (Phi) is 4.55. The number of nitrogens with zero attached hydrogens (tertiary/aromatic N) is 1. The minimum atomic E-state index is -0.689. The highest BCUT2D eigenvalue weighted by Gasteiger charge is 2.40. The molecule has 1 rings (SSSR count). The van der Waals surface area contributed by atoms with Crippen LogP contribution in [0.15, 0.2) is 0 Å². The van der Waals surface area contributed by atoms with E-state index in [9.17, 15) is 9.90 Å². The molecule has 0 heterocycles. The van der Waals surface area contributed by atoms with Gasteiger partial charge in [0.05, 0.1) is 0 Å². The van der Waals surface area contributed by atoms with Gasteiger partial charge in [0.25, 0.3) is 0 Å². The highest BCUT2D eigenvalue weighted by atomic mass is 16.4. The maximum absolute atomic E-state index is 11.5. The van der Waals surface area contributed by atoms with E-state index >= 15 is 0 Å². The summed E-state index contributed by atoms with van der Waals surface area (Å²) in [6.45, 7) is 4.95. The number of carboxylic acid groups (broad SMARTS) is 1. The summed E-state index contributed by atoms with van der Waals surface area (Å²) in [5.41, 5.74) is -0.717. The van der Waals surface area contributed by atoms with E-state index in [-0.39, 0.29) is 5.54 Å². The number of hydrogen-bond acceptors (Lipinski definition) is 3. The van der Waals surface area contributed by atoms with Crippen LogP contribution in [-0.2, 0) is 4.79 Å². The summed E-state index contributed by atoms with van der Waals surface area (Å²) < 4.78 is 0. The van der Waals surface area contributed by atoms with E-state index in [0.717, 1.165) is 32.1 Å². The Labute approximate surface area is 104 Å². The molecule has 0 aromatic carbocycles. The molecule has 0 bridgehead atoms. The minimum absolute atomic E-state index is 0.0279. The van der Waals surface area contributed by atoms with Gasteiger partial charge in [0.1, 0.15) is 5.54 Å². The molecular formula is C13H26N2O2. The van der Waals surface area contributed by atoms with Crippen molar-refractivity contribution >= 4 is 5.97 Å². The van der Waals surface area contributed by atoms with Crippen molar-refractivity contribution in [1.82, 2.24) is 10.2 Å². The summed E-state index contributed by atoms with van der Waals surface area (Å²) >= 11 is 0. The number of hydrogen-bond donors (Lipinski definition) is 2. The maximum atomic E-state index is 11.5. The average Bonchev–Trinajstić information content (AvgIpc) is 2.27. The zero-order valence-electron chi connectivity index (χ0n) is 11.5. The van der Waals surface area contributed by atoms with Crippen LogP contribution in [0.2, 0.25) is 0 Å². The van der Waals surface area contributed by atoms with Gasteiger partial charge in [0, 0.05) is 12.1 Å². The fraction of sp³-hybridized carbons (Fsp3) is 0.923. The van der Waals surface area contributed by atoms with Crippen LogP contribution < -0.4 is 5.32 Å². The van der Waals surface area contributed by atoms with E-state index in [1.165, 1.54) is 0 Å². The highest BCUT2D eigenvalue weighted by Crippen LogP contribution is 2.29. The van der Waals surface area contributed by atoms with Gasteiger partial charge in [-0.05, 0) is 40.8 Å². The SMILES string of the molecule is CN(C)C(C)(C)CNC1(C(=O)O)CCCCC1.